The van der Waals surface area contributed by atoms with Crippen molar-refractivity contribution in [2.75, 3.05) is 6.54 Å². The molecule has 2 aromatic carbocycles. The van der Waals surface area contributed by atoms with Gasteiger partial charge in [0, 0.05) is 23.7 Å². The second kappa shape index (κ2) is 9.03. The summed E-state index contributed by atoms with van der Waals surface area (Å²) in [5, 5.41) is 5.85. The van der Waals surface area contributed by atoms with E-state index >= 15 is 0 Å². The summed E-state index contributed by atoms with van der Waals surface area (Å²) in [6.45, 7) is 0.473. The Morgan fingerprint density at radius 3 is 2.50 bits per heavy atom. The van der Waals surface area contributed by atoms with Crippen molar-refractivity contribution in [3.8, 4) is 0 Å². The topological polar surface area (TPSA) is 58.2 Å². The smallest absolute Gasteiger partial charge is 0.229 e. The van der Waals surface area contributed by atoms with E-state index in [4.69, 9.17) is 11.6 Å². The lowest BCUT2D eigenvalue weighted by Crippen LogP contribution is -2.32. The molecule has 4 nitrogen and oxygen atoms in total. The fourth-order valence-electron chi connectivity index (χ4n) is 2.15. The average Bonchev–Trinajstić information content (AvgIpc) is 2.54. The van der Waals surface area contributed by atoms with Crippen LogP contribution in [0.5, 0.6) is 0 Å². The monoisotopic (exact) mass is 348 g/mol. The molecule has 2 rings (SSSR count). The van der Waals surface area contributed by atoms with E-state index in [1.807, 2.05) is 18.2 Å². The van der Waals surface area contributed by atoms with Crippen molar-refractivity contribution in [3.05, 3.63) is 70.5 Å². The van der Waals surface area contributed by atoms with Crippen molar-refractivity contribution in [1.82, 2.24) is 10.6 Å². The van der Waals surface area contributed by atoms with E-state index in [0.29, 0.717) is 23.6 Å². The van der Waals surface area contributed by atoms with Crippen molar-refractivity contribution >= 4 is 23.4 Å². The summed E-state index contributed by atoms with van der Waals surface area (Å²) in [6, 6.07) is 13.5. The SMILES string of the molecule is O=C(CC(=O)NCc1ccccc1F)NCCc1cccc(Cl)c1. The van der Waals surface area contributed by atoms with Gasteiger partial charge in [-0.2, -0.15) is 0 Å². The Morgan fingerprint density at radius 2 is 1.75 bits per heavy atom. The number of carbonyl (C=O) groups excluding carboxylic acids is 2. The molecular formula is C18H18ClFN2O2. The molecule has 126 valence electrons. The first-order valence-corrected chi connectivity index (χ1v) is 7.93. The van der Waals surface area contributed by atoms with Gasteiger partial charge in [-0.05, 0) is 30.2 Å². The van der Waals surface area contributed by atoms with E-state index < -0.39 is 5.91 Å². The van der Waals surface area contributed by atoms with Crippen LogP contribution in [-0.2, 0) is 22.6 Å². The van der Waals surface area contributed by atoms with Crippen LogP contribution in [0.4, 0.5) is 4.39 Å². The van der Waals surface area contributed by atoms with Gasteiger partial charge in [-0.1, -0.05) is 41.9 Å². The Hall–Kier alpha value is -2.40. The van der Waals surface area contributed by atoms with Gasteiger partial charge < -0.3 is 10.6 Å². The van der Waals surface area contributed by atoms with E-state index in [1.54, 1.807) is 24.3 Å². The highest BCUT2D eigenvalue weighted by atomic mass is 35.5. The number of nitrogens with one attached hydrogen (secondary N) is 2. The van der Waals surface area contributed by atoms with Gasteiger partial charge in [0.25, 0.3) is 0 Å². The molecule has 0 fully saturated rings. The predicted molar refractivity (Wildman–Crippen MR) is 91.0 cm³/mol. The zero-order chi connectivity index (χ0) is 17.4. The fourth-order valence-corrected chi connectivity index (χ4v) is 2.36. The molecule has 0 heterocycles. The van der Waals surface area contributed by atoms with Gasteiger partial charge in [0.15, 0.2) is 0 Å². The van der Waals surface area contributed by atoms with Gasteiger partial charge in [0.1, 0.15) is 12.2 Å². The first-order chi connectivity index (χ1) is 11.5. The third-order valence-corrected chi connectivity index (χ3v) is 3.61. The second-order valence-electron chi connectivity index (χ2n) is 5.27. The van der Waals surface area contributed by atoms with Crippen LogP contribution in [0.3, 0.4) is 0 Å². The van der Waals surface area contributed by atoms with Crippen LogP contribution in [0.2, 0.25) is 5.02 Å². The third-order valence-electron chi connectivity index (χ3n) is 3.38. The molecule has 0 radical (unpaired) electrons. The van der Waals surface area contributed by atoms with Gasteiger partial charge >= 0.3 is 0 Å². The van der Waals surface area contributed by atoms with Crippen molar-refractivity contribution in [3.63, 3.8) is 0 Å². The van der Waals surface area contributed by atoms with Crippen LogP contribution >= 0.6 is 11.6 Å². The molecule has 0 saturated heterocycles. The Bertz CT molecular complexity index is 722. The minimum Gasteiger partial charge on any atom is -0.355 e. The average molecular weight is 349 g/mol. The van der Waals surface area contributed by atoms with Gasteiger partial charge in [-0.25, -0.2) is 4.39 Å². The number of benzene rings is 2. The largest absolute Gasteiger partial charge is 0.355 e. The summed E-state index contributed by atoms with van der Waals surface area (Å²) in [7, 11) is 0. The van der Waals surface area contributed by atoms with Gasteiger partial charge in [-0.3, -0.25) is 9.59 Å². The van der Waals surface area contributed by atoms with Crippen LogP contribution in [-0.4, -0.2) is 18.4 Å². The van der Waals surface area contributed by atoms with E-state index in [9.17, 15) is 14.0 Å². The van der Waals surface area contributed by atoms with Crippen LogP contribution < -0.4 is 10.6 Å². The summed E-state index contributed by atoms with van der Waals surface area (Å²) in [5.41, 5.74) is 1.39. The Kier molecular flexibility index (Phi) is 6.75. The van der Waals surface area contributed by atoms with Crippen molar-refractivity contribution in [2.45, 2.75) is 19.4 Å². The van der Waals surface area contributed by atoms with Crippen molar-refractivity contribution in [2.24, 2.45) is 0 Å². The van der Waals surface area contributed by atoms with E-state index in [0.717, 1.165) is 5.56 Å². The van der Waals surface area contributed by atoms with Crippen LogP contribution in [0.25, 0.3) is 0 Å². The van der Waals surface area contributed by atoms with E-state index in [1.165, 1.54) is 6.07 Å². The number of hydrogen-bond donors (Lipinski definition) is 2. The maximum atomic E-state index is 13.4. The Balaban J connectivity index is 1.68. The lowest BCUT2D eigenvalue weighted by molar-refractivity contribution is -0.129. The molecule has 6 heteroatoms. The van der Waals surface area contributed by atoms with Crippen LogP contribution in [0.15, 0.2) is 48.5 Å². The number of amides is 2. The first kappa shape index (κ1) is 17.9. The van der Waals surface area contributed by atoms with Gasteiger partial charge in [0.05, 0.1) is 0 Å². The van der Waals surface area contributed by atoms with Crippen molar-refractivity contribution < 1.29 is 14.0 Å². The van der Waals surface area contributed by atoms with Crippen molar-refractivity contribution in [1.29, 1.82) is 0 Å². The van der Waals surface area contributed by atoms with E-state index in [2.05, 4.69) is 10.6 Å². The molecule has 0 aliphatic rings. The van der Waals surface area contributed by atoms with Crippen LogP contribution in [0, 0.1) is 5.82 Å². The molecule has 0 bridgehead atoms. The molecule has 0 atom stereocenters. The molecule has 0 spiro atoms. The molecule has 2 N–H and O–H groups in total. The number of halogens is 2. The molecule has 0 saturated carbocycles. The maximum absolute atomic E-state index is 13.4. The first-order valence-electron chi connectivity index (χ1n) is 7.56. The summed E-state index contributed by atoms with van der Waals surface area (Å²) >= 11 is 5.88. The lowest BCUT2D eigenvalue weighted by atomic mass is 10.1. The molecular weight excluding hydrogens is 331 g/mol. The number of carbonyl (C=O) groups is 2. The van der Waals surface area contributed by atoms with E-state index in [-0.39, 0.29) is 24.7 Å². The molecule has 24 heavy (non-hydrogen) atoms. The highest BCUT2D eigenvalue weighted by Crippen LogP contribution is 2.10. The van der Waals surface area contributed by atoms with Gasteiger partial charge in [-0.15, -0.1) is 0 Å². The number of rotatable bonds is 7. The van der Waals surface area contributed by atoms with Crippen LogP contribution in [0.1, 0.15) is 17.5 Å². The summed E-state index contributed by atoms with van der Waals surface area (Å²) < 4.78 is 13.4. The highest BCUT2D eigenvalue weighted by molar-refractivity contribution is 6.30. The summed E-state index contributed by atoms with van der Waals surface area (Å²) in [5.74, 6) is -1.20. The number of hydrogen-bond acceptors (Lipinski definition) is 2. The molecule has 2 amide bonds. The fraction of sp³-hybridized carbons (Fsp3) is 0.222. The molecule has 0 aliphatic heterocycles. The highest BCUT2D eigenvalue weighted by Gasteiger charge is 2.09. The predicted octanol–water partition coefficient (Wildman–Crippen LogP) is 2.84. The standard InChI is InChI=1S/C18H18ClFN2O2/c19-15-6-3-4-13(10-15)8-9-21-17(23)11-18(24)22-12-14-5-1-2-7-16(14)20/h1-7,10H,8-9,11-12H2,(H,21,23)(H,22,24). The molecule has 2 aromatic rings. The Morgan fingerprint density at radius 1 is 1.00 bits per heavy atom. The normalized spacial score (nSPS) is 10.2. The zero-order valence-corrected chi connectivity index (χ0v) is 13.8. The minimum atomic E-state index is -0.446. The lowest BCUT2D eigenvalue weighted by Gasteiger charge is -2.07. The minimum absolute atomic E-state index is 0.0568. The maximum Gasteiger partial charge on any atom is 0.229 e. The summed E-state index contributed by atoms with van der Waals surface area (Å²) in [4.78, 5) is 23.4. The zero-order valence-electron chi connectivity index (χ0n) is 13.0. The molecule has 0 unspecified atom stereocenters. The Labute approximate surface area is 145 Å². The molecule has 0 aliphatic carbocycles. The second-order valence-corrected chi connectivity index (χ2v) is 5.71. The quantitative estimate of drug-likeness (QED) is 0.756. The third kappa shape index (κ3) is 6.01. The molecule has 0 aromatic heterocycles. The summed E-state index contributed by atoms with van der Waals surface area (Å²) in [6.07, 6.45) is 0.340. The van der Waals surface area contributed by atoms with Gasteiger partial charge in [0.2, 0.25) is 11.8 Å².